The van der Waals surface area contributed by atoms with E-state index in [4.69, 9.17) is 4.74 Å². The Morgan fingerprint density at radius 1 is 0.460 bits per heavy atom. The molecule has 2 aliphatic carbocycles. The van der Waals surface area contributed by atoms with E-state index in [0.717, 1.165) is 36.9 Å². The quantitative estimate of drug-likeness (QED) is 0.300. The highest BCUT2D eigenvalue weighted by atomic mass is 16.5. The molecule has 376 valence electrons. The molecule has 0 N–H and O–H groups in total. The van der Waals surface area contributed by atoms with Crippen LogP contribution in [0.2, 0.25) is 0 Å². The molecule has 3 fully saturated rings. The first-order valence-electron chi connectivity index (χ1n) is 25.9. The molecular weight excluding hydrogens is 765 g/mol. The summed E-state index contributed by atoms with van der Waals surface area (Å²) in [6, 6.07) is 14.2. The molecule has 1 saturated heterocycles. The Bertz CT molecular complexity index is 1140. The van der Waals surface area contributed by atoms with Gasteiger partial charge in [0.25, 0.3) is 0 Å². The van der Waals surface area contributed by atoms with E-state index >= 15 is 0 Å². The van der Waals surface area contributed by atoms with Gasteiger partial charge in [-0.3, -0.25) is 0 Å². The maximum Gasteiger partial charge on any atom is 0.0902 e. The van der Waals surface area contributed by atoms with Gasteiger partial charge >= 0.3 is 0 Å². The molecule has 0 unspecified atom stereocenters. The van der Waals surface area contributed by atoms with E-state index in [1.165, 1.54) is 76.2 Å². The normalized spacial score (nSPS) is 15.7. The van der Waals surface area contributed by atoms with Crippen molar-refractivity contribution in [3.05, 3.63) is 60.6 Å². The molecule has 2 saturated carbocycles. The minimum Gasteiger partial charge on any atom is -0.473 e. The molecule has 0 bridgehead atoms. The Labute approximate surface area is 400 Å². The van der Waals surface area contributed by atoms with Gasteiger partial charge in [-0.2, -0.15) is 0 Å². The average molecular weight is 886 g/mol. The van der Waals surface area contributed by atoms with Crippen LogP contribution in [0.3, 0.4) is 0 Å². The predicted octanol–water partition coefficient (Wildman–Crippen LogP) is 21.4. The van der Waals surface area contributed by atoms with Crippen molar-refractivity contribution in [1.29, 1.82) is 0 Å². The lowest BCUT2D eigenvalue weighted by molar-refractivity contribution is 0.141. The highest BCUT2D eigenvalue weighted by Crippen LogP contribution is 2.41. The van der Waals surface area contributed by atoms with Gasteiger partial charge in [-0.25, -0.2) is 0 Å². The lowest BCUT2D eigenvalue weighted by Crippen LogP contribution is -2.26. The van der Waals surface area contributed by atoms with Gasteiger partial charge in [-0.1, -0.05) is 249 Å². The van der Waals surface area contributed by atoms with Crippen molar-refractivity contribution in [3.63, 3.8) is 0 Å². The summed E-state index contributed by atoms with van der Waals surface area (Å²) in [6.07, 6.45) is 18.8. The summed E-state index contributed by atoms with van der Waals surface area (Å²) in [6.45, 7) is 63.1. The van der Waals surface area contributed by atoms with Gasteiger partial charge in [-0.15, -0.1) is 0 Å². The highest BCUT2D eigenvalue weighted by Gasteiger charge is 2.29. The number of ether oxygens (including phenoxy) is 1. The fourth-order valence-electron chi connectivity index (χ4n) is 6.25. The molecule has 2 aromatic rings. The number of furan rings is 1. The zero-order chi connectivity index (χ0) is 50.4. The summed E-state index contributed by atoms with van der Waals surface area (Å²) in [5.74, 6) is 3.74. The maximum absolute atomic E-state index is 4.94. The van der Waals surface area contributed by atoms with Gasteiger partial charge in [0.15, 0.2) is 0 Å². The van der Waals surface area contributed by atoms with Crippen LogP contribution >= 0.6 is 0 Å². The number of benzene rings is 1. The highest BCUT2D eigenvalue weighted by molar-refractivity contribution is 5.22. The van der Waals surface area contributed by atoms with E-state index in [2.05, 4.69) is 222 Å². The Morgan fingerprint density at radius 3 is 0.889 bits per heavy atom. The molecule has 2 heteroatoms. The van der Waals surface area contributed by atoms with Gasteiger partial charge in [-0.05, 0) is 118 Å². The minimum absolute atomic E-state index is 0.293. The van der Waals surface area contributed by atoms with E-state index < -0.39 is 0 Å². The molecule has 0 atom stereocenters. The second-order valence-corrected chi connectivity index (χ2v) is 27.5. The Morgan fingerprint density at radius 2 is 0.778 bits per heavy atom. The van der Waals surface area contributed by atoms with E-state index in [9.17, 15) is 0 Å². The molecular formula is C61H120O2. The second kappa shape index (κ2) is 33.9. The fourth-order valence-corrected chi connectivity index (χ4v) is 6.25. The van der Waals surface area contributed by atoms with Gasteiger partial charge in [0.05, 0.1) is 12.5 Å². The fraction of sp³-hybridized carbons (Fsp3) is 0.836. The van der Waals surface area contributed by atoms with Crippen LogP contribution in [0, 0.1) is 56.2 Å². The van der Waals surface area contributed by atoms with E-state index in [1.807, 2.05) is 12.1 Å². The van der Waals surface area contributed by atoms with Crippen molar-refractivity contribution >= 4 is 0 Å². The Balaban J connectivity index is -0.000000315. The standard InChI is InChI=1S/C10H14.C9H18.C9H20.C8H16.C7H16.2C5H12.C4H8O.C4H4O/c1-10(2,3)9-7-5-4-6-8-9;1-9(2,3)8-6-4-5-7-8;1-6-8(7-2)9(3,4)5;1-8(2,3)7-5-4-6-7;1-6(2)7(3,4)5;2*1-5(2,3)4;2*1-2-4-5-3-1/h4-8H,1-3H3;8H,4-7H2,1-3H3;8H,6-7H2,1-5H3;7H,4-6H2,1-3H3;6H,1-5H3;2*1-4H3;1-4H2;1-4H. The van der Waals surface area contributed by atoms with Crippen molar-refractivity contribution in [2.24, 2.45) is 56.2 Å². The molecule has 2 nitrogen and oxygen atoms in total. The van der Waals surface area contributed by atoms with Crippen molar-refractivity contribution < 1.29 is 9.15 Å². The maximum atomic E-state index is 4.94. The monoisotopic (exact) mass is 885 g/mol. The van der Waals surface area contributed by atoms with Crippen molar-refractivity contribution in [1.82, 2.24) is 0 Å². The third-order valence-electron chi connectivity index (χ3n) is 11.7. The summed E-state index contributed by atoms with van der Waals surface area (Å²) in [4.78, 5) is 0. The topological polar surface area (TPSA) is 22.4 Å². The SMILES string of the molecule is C1CCOC1.CC(C)(C)C.CC(C)(C)C.CC(C)(C)C1CCC1.CC(C)(C)C1CCCC1.CC(C)(C)c1ccccc1.CC(C)C(C)(C)C.CCC(CC)C(C)(C)C.c1ccoc1. The van der Waals surface area contributed by atoms with Crippen LogP contribution in [-0.2, 0) is 10.2 Å². The first-order chi connectivity index (χ1) is 28.3. The average Bonchev–Trinajstić information content (AvgIpc) is 3.89. The van der Waals surface area contributed by atoms with E-state index in [1.54, 1.807) is 12.5 Å². The van der Waals surface area contributed by atoms with Crippen molar-refractivity contribution in [2.75, 3.05) is 13.2 Å². The third-order valence-corrected chi connectivity index (χ3v) is 11.7. The summed E-state index contributed by atoms with van der Waals surface area (Å²) >= 11 is 0. The van der Waals surface area contributed by atoms with Crippen LogP contribution in [0.25, 0.3) is 0 Å². The number of hydrogen-bond donors (Lipinski definition) is 0. The van der Waals surface area contributed by atoms with Gasteiger partial charge in [0.2, 0.25) is 0 Å². The molecule has 63 heavy (non-hydrogen) atoms. The lowest BCUT2D eigenvalue weighted by atomic mass is 9.69. The van der Waals surface area contributed by atoms with Crippen LogP contribution in [0.1, 0.15) is 263 Å². The molecule has 1 aromatic carbocycles. The third kappa shape index (κ3) is 51.3. The van der Waals surface area contributed by atoms with Crippen LogP contribution in [-0.4, -0.2) is 13.2 Å². The molecule has 1 aromatic heterocycles. The molecule has 0 radical (unpaired) electrons. The molecule has 5 rings (SSSR count). The summed E-state index contributed by atoms with van der Waals surface area (Å²) in [5, 5.41) is 0. The van der Waals surface area contributed by atoms with Gasteiger partial charge in [0.1, 0.15) is 0 Å². The number of hydrogen-bond acceptors (Lipinski definition) is 2. The molecule has 0 spiro atoms. The van der Waals surface area contributed by atoms with Crippen LogP contribution in [0.4, 0.5) is 0 Å². The summed E-state index contributed by atoms with van der Waals surface area (Å²) < 4.78 is 9.53. The molecule has 3 aliphatic rings. The van der Waals surface area contributed by atoms with Gasteiger partial charge < -0.3 is 9.15 Å². The Hall–Kier alpha value is -1.54. The smallest absolute Gasteiger partial charge is 0.0902 e. The van der Waals surface area contributed by atoms with Crippen molar-refractivity contribution in [2.45, 2.75) is 263 Å². The van der Waals surface area contributed by atoms with Crippen LogP contribution in [0.15, 0.2) is 59.4 Å². The van der Waals surface area contributed by atoms with E-state index in [0.29, 0.717) is 37.9 Å². The molecule has 1 aliphatic heterocycles. The van der Waals surface area contributed by atoms with Crippen LogP contribution in [0.5, 0.6) is 0 Å². The van der Waals surface area contributed by atoms with Crippen LogP contribution < -0.4 is 0 Å². The first kappa shape index (κ1) is 68.0. The van der Waals surface area contributed by atoms with Crippen molar-refractivity contribution in [3.8, 4) is 0 Å². The summed E-state index contributed by atoms with van der Waals surface area (Å²) in [5.41, 5.74) is 4.88. The molecule has 2 heterocycles. The number of rotatable bonds is 2. The van der Waals surface area contributed by atoms with Gasteiger partial charge in [0, 0.05) is 13.2 Å². The Kier molecular flexibility index (Phi) is 36.6. The summed E-state index contributed by atoms with van der Waals surface area (Å²) in [7, 11) is 0. The zero-order valence-corrected chi connectivity index (χ0v) is 48.5. The second-order valence-electron chi connectivity index (χ2n) is 27.5. The lowest BCUT2D eigenvalue weighted by Gasteiger charge is -2.37. The first-order valence-corrected chi connectivity index (χ1v) is 25.9. The zero-order valence-electron chi connectivity index (χ0n) is 48.5. The van der Waals surface area contributed by atoms with E-state index in [-0.39, 0.29) is 0 Å². The largest absolute Gasteiger partial charge is 0.473 e. The predicted molar refractivity (Wildman–Crippen MR) is 290 cm³/mol. The molecule has 0 amide bonds. The minimum atomic E-state index is 0.293.